The van der Waals surface area contributed by atoms with Gasteiger partial charge in [-0.05, 0) is 56.8 Å². The summed E-state index contributed by atoms with van der Waals surface area (Å²) in [7, 11) is 0. The van der Waals surface area contributed by atoms with Crippen LogP contribution in [-0.4, -0.2) is 76.0 Å². The molecule has 5 rings (SSSR count). The Bertz CT molecular complexity index is 1230. The first-order chi connectivity index (χ1) is 19.4. The minimum atomic E-state index is -1.72. The summed E-state index contributed by atoms with van der Waals surface area (Å²) in [5, 5.41) is 24.5. The molecule has 2 N–H and O–H groups in total. The van der Waals surface area contributed by atoms with Gasteiger partial charge in [-0.3, -0.25) is 14.4 Å². The molecule has 1 aliphatic heterocycles. The lowest BCUT2D eigenvalue weighted by molar-refractivity contribution is -0.287. The first-order valence-electron chi connectivity index (χ1n) is 14.8. The highest BCUT2D eigenvalue weighted by atomic mass is 16.7. The molecule has 5 aliphatic rings. The molecule has 0 radical (unpaired) electrons. The average Bonchev–Trinajstić information content (AvgIpc) is 3.17. The second-order valence-electron chi connectivity index (χ2n) is 13.9. The van der Waals surface area contributed by atoms with Crippen LogP contribution < -0.4 is 0 Å². The Labute approximate surface area is 246 Å². The smallest absolute Gasteiger partial charge is 0.333 e. The van der Waals surface area contributed by atoms with E-state index in [1.165, 1.54) is 20.8 Å². The Morgan fingerprint density at radius 1 is 0.905 bits per heavy atom. The number of esters is 4. The molecule has 1 unspecified atom stereocenters. The predicted octanol–water partition coefficient (Wildman–Crippen LogP) is 2.45. The number of rotatable bonds is 5. The quantitative estimate of drug-likeness (QED) is 0.275. The van der Waals surface area contributed by atoms with Crippen molar-refractivity contribution in [1.29, 1.82) is 0 Å². The number of carbonyl (C=O) groups excluding carboxylic acids is 4. The van der Waals surface area contributed by atoms with E-state index in [9.17, 15) is 29.4 Å². The Morgan fingerprint density at radius 2 is 1.52 bits per heavy atom. The summed E-state index contributed by atoms with van der Waals surface area (Å²) in [5.74, 6) is -4.91. The van der Waals surface area contributed by atoms with Gasteiger partial charge < -0.3 is 33.9 Å². The van der Waals surface area contributed by atoms with E-state index >= 15 is 0 Å². The molecule has 42 heavy (non-hydrogen) atoms. The summed E-state index contributed by atoms with van der Waals surface area (Å²) < 4.78 is 30.7. The van der Waals surface area contributed by atoms with Gasteiger partial charge in [0.25, 0.3) is 0 Å². The number of hydrogen-bond acceptors (Lipinski definition) is 11. The lowest BCUT2D eigenvalue weighted by Crippen LogP contribution is -2.65. The van der Waals surface area contributed by atoms with Crippen molar-refractivity contribution in [1.82, 2.24) is 0 Å². The van der Waals surface area contributed by atoms with E-state index in [4.69, 9.17) is 23.7 Å². The van der Waals surface area contributed by atoms with Crippen molar-refractivity contribution in [3.63, 3.8) is 0 Å². The van der Waals surface area contributed by atoms with Gasteiger partial charge in [0, 0.05) is 32.3 Å². The Balaban J connectivity index is 1.84. The topological polar surface area (TPSA) is 155 Å². The Hall–Kier alpha value is -2.50. The highest BCUT2D eigenvalue weighted by Gasteiger charge is 2.88. The van der Waals surface area contributed by atoms with Crippen LogP contribution in [0.2, 0.25) is 0 Å². The normalized spacial score (nSPS) is 48.1. The van der Waals surface area contributed by atoms with Crippen LogP contribution in [0.5, 0.6) is 0 Å². The molecule has 13 atom stereocenters. The molecule has 11 nitrogen and oxygen atoms in total. The number of allylic oxidation sites excluding steroid dienone is 1. The first-order valence-corrected chi connectivity index (χ1v) is 14.8. The van der Waals surface area contributed by atoms with Crippen molar-refractivity contribution in [2.75, 3.05) is 0 Å². The summed E-state index contributed by atoms with van der Waals surface area (Å²) in [4.78, 5) is 51.4. The highest BCUT2D eigenvalue weighted by Crippen LogP contribution is 2.79. The minimum Gasteiger partial charge on any atom is -0.462 e. The second kappa shape index (κ2) is 9.75. The molecule has 2 bridgehead atoms. The molecule has 11 heteroatoms. The molecule has 234 valence electrons. The molecule has 0 amide bonds. The van der Waals surface area contributed by atoms with Crippen molar-refractivity contribution < 1.29 is 53.1 Å². The van der Waals surface area contributed by atoms with Gasteiger partial charge in [-0.1, -0.05) is 26.8 Å². The largest absolute Gasteiger partial charge is 0.462 e. The maximum atomic E-state index is 13.3. The van der Waals surface area contributed by atoms with Crippen LogP contribution in [-0.2, 0) is 42.9 Å². The van der Waals surface area contributed by atoms with E-state index in [0.29, 0.717) is 12.0 Å². The van der Waals surface area contributed by atoms with Crippen LogP contribution >= 0.6 is 0 Å². The molecule has 4 saturated carbocycles. The average molecular weight is 593 g/mol. The van der Waals surface area contributed by atoms with Gasteiger partial charge >= 0.3 is 23.9 Å². The number of fused-ring (bicyclic) bond motifs is 2. The standard InChI is InChI=1S/C31H44O11/c1-10-13(2)25(35)40-19-11-18-20(28(18,7)8)23-29(9)26(36)30(41-17(6)34)12-14(3)22(38-15(4)32)21(30)24(39-16(5)33)31(19,23)27(37)42-29/h10,14,18-24,26-27,36-37H,11-12H2,1-9H3/b13-10+/t14-,18-,19+,20-,21+,22-,23-,24+,26+,27?,29+,30+,31-/m0/s1. The zero-order valence-corrected chi connectivity index (χ0v) is 25.8. The summed E-state index contributed by atoms with van der Waals surface area (Å²) in [6.07, 6.45) is -4.42. The lowest BCUT2D eigenvalue weighted by atomic mass is 9.56. The minimum absolute atomic E-state index is 0.0450. The van der Waals surface area contributed by atoms with Crippen LogP contribution in [0.1, 0.15) is 75.2 Å². The molecule has 5 fully saturated rings. The van der Waals surface area contributed by atoms with Crippen molar-refractivity contribution >= 4 is 23.9 Å². The SMILES string of the molecule is C/C=C(\C)C(=O)O[C@@H]1C[C@H]2[C@@H]([C@H]3[C@@]4(C)OC(O)[C@@]13[C@H](OC(C)=O)[C@H]1[C@@H](OC(C)=O)[C@@H](C)C[C@]1(OC(C)=O)[C@@H]4O)C2(C)C. The van der Waals surface area contributed by atoms with Gasteiger partial charge in [-0.25, -0.2) is 4.79 Å². The molecule has 0 spiro atoms. The molecular weight excluding hydrogens is 548 g/mol. The van der Waals surface area contributed by atoms with E-state index in [1.54, 1.807) is 33.8 Å². The molecule has 4 aliphatic carbocycles. The van der Waals surface area contributed by atoms with Crippen molar-refractivity contribution in [3.8, 4) is 0 Å². The van der Waals surface area contributed by atoms with E-state index in [-0.39, 0.29) is 23.7 Å². The summed E-state index contributed by atoms with van der Waals surface area (Å²) in [5.41, 5.74) is -4.76. The summed E-state index contributed by atoms with van der Waals surface area (Å²) in [6, 6.07) is 0. The van der Waals surface area contributed by atoms with E-state index < -0.39 is 89.0 Å². The molecule has 0 aromatic rings. The first kappa shape index (κ1) is 30.9. The third-order valence-electron chi connectivity index (χ3n) is 11.4. The van der Waals surface area contributed by atoms with Gasteiger partial charge in [0.1, 0.15) is 35.4 Å². The van der Waals surface area contributed by atoms with Gasteiger partial charge in [0.2, 0.25) is 0 Å². The molecule has 0 aromatic heterocycles. The fourth-order valence-corrected chi connectivity index (χ4v) is 9.73. The van der Waals surface area contributed by atoms with Crippen molar-refractivity contribution in [2.45, 2.75) is 117 Å². The molecular formula is C31H44O11. The monoisotopic (exact) mass is 592 g/mol. The molecule has 0 aromatic carbocycles. The van der Waals surface area contributed by atoms with Gasteiger partial charge in [0.15, 0.2) is 11.9 Å². The maximum Gasteiger partial charge on any atom is 0.333 e. The Morgan fingerprint density at radius 3 is 2.07 bits per heavy atom. The summed E-state index contributed by atoms with van der Waals surface area (Å²) >= 11 is 0. The van der Waals surface area contributed by atoms with Crippen LogP contribution in [0, 0.1) is 40.4 Å². The predicted molar refractivity (Wildman–Crippen MR) is 145 cm³/mol. The van der Waals surface area contributed by atoms with Gasteiger partial charge in [-0.15, -0.1) is 0 Å². The van der Waals surface area contributed by atoms with E-state index in [0.717, 1.165) is 0 Å². The number of aliphatic hydroxyl groups excluding tert-OH is 2. The highest BCUT2D eigenvalue weighted by molar-refractivity contribution is 5.87. The zero-order chi connectivity index (χ0) is 31.3. The second-order valence-corrected chi connectivity index (χ2v) is 13.9. The summed E-state index contributed by atoms with van der Waals surface area (Å²) in [6.45, 7) is 14.7. The van der Waals surface area contributed by atoms with Crippen LogP contribution in [0.3, 0.4) is 0 Å². The molecule has 1 saturated heterocycles. The number of hydrogen-bond donors (Lipinski definition) is 2. The lowest BCUT2D eigenvalue weighted by Gasteiger charge is -2.52. The van der Waals surface area contributed by atoms with Crippen LogP contribution in [0.15, 0.2) is 11.6 Å². The number of aliphatic hydroxyl groups is 2. The van der Waals surface area contributed by atoms with E-state index in [2.05, 4.69) is 13.8 Å². The fraction of sp³-hybridized carbons (Fsp3) is 0.806. The van der Waals surface area contributed by atoms with E-state index in [1.807, 2.05) is 0 Å². The van der Waals surface area contributed by atoms with Crippen LogP contribution in [0.4, 0.5) is 0 Å². The third-order valence-corrected chi connectivity index (χ3v) is 11.4. The van der Waals surface area contributed by atoms with Gasteiger partial charge in [0.05, 0.1) is 5.92 Å². The maximum absolute atomic E-state index is 13.3. The van der Waals surface area contributed by atoms with Crippen molar-refractivity contribution in [3.05, 3.63) is 11.6 Å². The van der Waals surface area contributed by atoms with Crippen LogP contribution in [0.25, 0.3) is 0 Å². The van der Waals surface area contributed by atoms with Gasteiger partial charge in [-0.2, -0.15) is 0 Å². The number of ether oxygens (including phenoxy) is 5. The molecule has 1 heterocycles. The Kier molecular flexibility index (Phi) is 7.19. The fourth-order valence-electron chi connectivity index (χ4n) is 9.73. The number of carbonyl (C=O) groups is 4. The zero-order valence-electron chi connectivity index (χ0n) is 25.8. The van der Waals surface area contributed by atoms with Crippen molar-refractivity contribution in [2.24, 2.45) is 40.4 Å². The third kappa shape index (κ3) is 3.95.